The normalized spacial score (nSPS) is 24.3. The van der Waals surface area contributed by atoms with Crippen LogP contribution in [-0.2, 0) is 19.4 Å². The Labute approximate surface area is 244 Å². The second-order valence-corrected chi connectivity index (χ2v) is 13.4. The van der Waals surface area contributed by atoms with Crippen LogP contribution in [0, 0.1) is 0 Å². The average Bonchev–Trinajstić information content (AvgIpc) is 3.55. The third kappa shape index (κ3) is 4.63. The van der Waals surface area contributed by atoms with E-state index in [4.69, 9.17) is 15.5 Å². The van der Waals surface area contributed by atoms with Crippen LogP contribution in [0.4, 0.5) is 5.82 Å². The summed E-state index contributed by atoms with van der Waals surface area (Å²) in [5.74, 6) is -0.0519. The Hall–Kier alpha value is -3.87. The Morgan fingerprint density at radius 3 is 2.45 bits per heavy atom. The molecule has 12 heteroatoms. The number of carbonyl (C=O) groups excluding carboxylic acids is 1. The van der Waals surface area contributed by atoms with Crippen molar-refractivity contribution in [2.24, 2.45) is 0 Å². The van der Waals surface area contributed by atoms with Crippen LogP contribution in [0.15, 0.2) is 59.8 Å². The average molecular weight is 588 g/mol. The summed E-state index contributed by atoms with van der Waals surface area (Å²) in [7, 11) is -3.73. The standard InChI is InChI=1S/C30H33N7O4S/c1-42(39,40)27-26(20-13-21-8-9-22(14-20)36(21)30(38)25-17-41-12-11-32-25)35-29-23(16-34-37(29)28(27)31)19-7-10-24(33-15-19)18-5-3-2-4-6-18/h2-7,10,15-16,20-22,25,32H,8-9,11-14,17,31H2,1H3/t20-,21-,22+,25-/m1/s1. The maximum atomic E-state index is 13.4. The number of carbonyl (C=O) groups is 1. The number of hydrogen-bond acceptors (Lipinski definition) is 9. The van der Waals surface area contributed by atoms with Gasteiger partial charge in [-0.2, -0.15) is 9.61 Å². The van der Waals surface area contributed by atoms with E-state index < -0.39 is 9.84 Å². The van der Waals surface area contributed by atoms with Crippen molar-refractivity contribution in [2.75, 3.05) is 31.7 Å². The molecule has 4 aromatic rings. The first-order chi connectivity index (χ1) is 20.3. The predicted octanol–water partition coefficient (Wildman–Crippen LogP) is 2.67. The molecule has 0 radical (unpaired) electrons. The molecular weight excluding hydrogens is 554 g/mol. The van der Waals surface area contributed by atoms with E-state index >= 15 is 0 Å². The third-order valence-electron chi connectivity index (χ3n) is 8.77. The number of nitrogens with zero attached hydrogens (tertiary/aromatic N) is 5. The van der Waals surface area contributed by atoms with Crippen molar-refractivity contribution < 1.29 is 17.9 Å². The van der Waals surface area contributed by atoms with Gasteiger partial charge in [0.25, 0.3) is 0 Å². The fraction of sp³-hybridized carbons (Fsp3) is 0.400. The number of hydrogen-bond donors (Lipinski definition) is 2. The molecule has 11 nitrogen and oxygen atoms in total. The number of amides is 1. The van der Waals surface area contributed by atoms with E-state index in [0.717, 1.165) is 35.9 Å². The van der Waals surface area contributed by atoms with Crippen molar-refractivity contribution >= 4 is 27.2 Å². The number of morpholine rings is 1. The molecule has 4 atom stereocenters. The van der Waals surface area contributed by atoms with Gasteiger partial charge in [-0.3, -0.25) is 9.78 Å². The summed E-state index contributed by atoms with van der Waals surface area (Å²) in [5, 5.41) is 7.71. The maximum absolute atomic E-state index is 13.4. The van der Waals surface area contributed by atoms with Crippen LogP contribution in [0.3, 0.4) is 0 Å². The number of pyridine rings is 1. The lowest BCUT2D eigenvalue weighted by molar-refractivity contribution is -0.141. The molecule has 1 amide bonds. The molecule has 3 saturated heterocycles. The Morgan fingerprint density at radius 1 is 1.05 bits per heavy atom. The van der Waals surface area contributed by atoms with Gasteiger partial charge in [-0.15, -0.1) is 0 Å². The van der Waals surface area contributed by atoms with E-state index in [2.05, 4.69) is 15.4 Å². The number of nitrogens with one attached hydrogen (secondary N) is 1. The molecule has 42 heavy (non-hydrogen) atoms. The third-order valence-corrected chi connectivity index (χ3v) is 9.93. The van der Waals surface area contributed by atoms with Crippen LogP contribution < -0.4 is 11.1 Å². The highest BCUT2D eigenvalue weighted by molar-refractivity contribution is 7.91. The van der Waals surface area contributed by atoms with Crippen LogP contribution in [0.5, 0.6) is 0 Å². The van der Waals surface area contributed by atoms with Crippen LogP contribution in [0.2, 0.25) is 0 Å². The quantitative estimate of drug-likeness (QED) is 0.360. The maximum Gasteiger partial charge on any atom is 0.242 e. The number of aromatic nitrogens is 4. The van der Waals surface area contributed by atoms with E-state index in [1.54, 1.807) is 12.4 Å². The minimum atomic E-state index is -3.73. The van der Waals surface area contributed by atoms with E-state index in [0.29, 0.717) is 49.5 Å². The molecule has 2 bridgehead atoms. The van der Waals surface area contributed by atoms with Crippen molar-refractivity contribution in [3.8, 4) is 22.4 Å². The van der Waals surface area contributed by atoms with Gasteiger partial charge in [-0.25, -0.2) is 13.4 Å². The molecule has 0 unspecified atom stereocenters. The number of anilines is 1. The van der Waals surface area contributed by atoms with Gasteiger partial charge in [0.2, 0.25) is 5.91 Å². The molecule has 3 aliphatic heterocycles. The zero-order valence-electron chi connectivity index (χ0n) is 23.3. The molecule has 3 aliphatic rings. The zero-order chi connectivity index (χ0) is 29.0. The van der Waals surface area contributed by atoms with Crippen molar-refractivity contribution in [2.45, 2.75) is 54.6 Å². The van der Waals surface area contributed by atoms with Crippen molar-refractivity contribution in [1.82, 2.24) is 29.8 Å². The monoisotopic (exact) mass is 587 g/mol. The van der Waals surface area contributed by atoms with E-state index in [-0.39, 0.29) is 40.7 Å². The summed E-state index contributed by atoms with van der Waals surface area (Å²) in [6.07, 6.45) is 7.59. The first-order valence-electron chi connectivity index (χ1n) is 14.3. The molecular formula is C30H33N7O4S. The fourth-order valence-corrected chi connectivity index (χ4v) is 7.93. The number of rotatable bonds is 5. The van der Waals surface area contributed by atoms with Crippen LogP contribution in [-0.4, -0.2) is 82.9 Å². The lowest BCUT2D eigenvalue weighted by Gasteiger charge is -2.41. The Balaban J connectivity index is 1.25. The van der Waals surface area contributed by atoms with E-state index in [1.165, 1.54) is 4.52 Å². The molecule has 1 aromatic carbocycles. The lowest BCUT2D eigenvalue weighted by Crippen LogP contribution is -2.57. The smallest absolute Gasteiger partial charge is 0.242 e. The Kier molecular flexibility index (Phi) is 6.71. The molecule has 6 heterocycles. The van der Waals surface area contributed by atoms with Crippen LogP contribution in [0.1, 0.15) is 37.3 Å². The highest BCUT2D eigenvalue weighted by atomic mass is 32.2. The lowest BCUT2D eigenvalue weighted by atomic mass is 9.87. The highest BCUT2D eigenvalue weighted by Gasteiger charge is 2.47. The summed E-state index contributed by atoms with van der Waals surface area (Å²) in [6, 6.07) is 13.5. The summed E-state index contributed by atoms with van der Waals surface area (Å²) >= 11 is 0. The number of ether oxygens (including phenoxy) is 1. The van der Waals surface area contributed by atoms with Gasteiger partial charge in [-0.05, 0) is 31.7 Å². The molecule has 3 aromatic heterocycles. The van der Waals surface area contributed by atoms with E-state index in [1.807, 2.05) is 47.4 Å². The largest absolute Gasteiger partial charge is 0.382 e. The minimum Gasteiger partial charge on any atom is -0.382 e. The SMILES string of the molecule is CS(=O)(=O)c1c([C@@H]2C[C@H]3CC[C@@H](C2)N3C(=O)[C@H]2COCCN2)nc2c(-c3ccc(-c4ccccc4)nc3)cnn2c1N. The number of nitrogen functional groups attached to an aromatic ring is 1. The topological polar surface area (TPSA) is 145 Å². The highest BCUT2D eigenvalue weighted by Crippen LogP contribution is 2.45. The van der Waals surface area contributed by atoms with Gasteiger partial charge in [-0.1, -0.05) is 36.4 Å². The summed E-state index contributed by atoms with van der Waals surface area (Å²) in [6.45, 7) is 1.63. The summed E-state index contributed by atoms with van der Waals surface area (Å²) < 4.78 is 33.2. The first-order valence-corrected chi connectivity index (χ1v) is 16.2. The number of fused-ring (bicyclic) bond motifs is 3. The summed E-state index contributed by atoms with van der Waals surface area (Å²) in [5.41, 5.74) is 10.9. The molecule has 0 spiro atoms. The van der Waals surface area contributed by atoms with Gasteiger partial charge in [0.1, 0.15) is 16.8 Å². The first kappa shape index (κ1) is 27.0. The zero-order valence-corrected chi connectivity index (χ0v) is 24.1. The van der Waals surface area contributed by atoms with Gasteiger partial charge in [0.05, 0.1) is 30.8 Å². The van der Waals surface area contributed by atoms with Crippen molar-refractivity contribution in [1.29, 1.82) is 0 Å². The summed E-state index contributed by atoms with van der Waals surface area (Å²) in [4.78, 5) is 25.1. The fourth-order valence-electron chi connectivity index (χ4n) is 6.88. The number of nitrogens with two attached hydrogens (primary N) is 1. The predicted molar refractivity (Wildman–Crippen MR) is 157 cm³/mol. The van der Waals surface area contributed by atoms with Gasteiger partial charge < -0.3 is 20.7 Å². The Bertz CT molecular complexity index is 1740. The van der Waals surface area contributed by atoms with Gasteiger partial charge >= 0.3 is 0 Å². The van der Waals surface area contributed by atoms with Crippen LogP contribution >= 0.6 is 0 Å². The number of benzene rings is 1. The Morgan fingerprint density at radius 2 is 1.81 bits per heavy atom. The second kappa shape index (κ2) is 10.4. The minimum absolute atomic E-state index is 0.00995. The number of piperidine rings is 1. The number of sulfone groups is 1. The van der Waals surface area contributed by atoms with Crippen molar-refractivity contribution in [3.63, 3.8) is 0 Å². The molecule has 3 N–H and O–H groups in total. The molecule has 3 fully saturated rings. The van der Waals surface area contributed by atoms with Crippen LogP contribution in [0.25, 0.3) is 28.0 Å². The second-order valence-electron chi connectivity index (χ2n) is 11.5. The molecule has 0 saturated carbocycles. The molecule has 218 valence electrons. The van der Waals surface area contributed by atoms with Crippen molar-refractivity contribution in [3.05, 3.63) is 60.6 Å². The van der Waals surface area contributed by atoms with E-state index in [9.17, 15) is 13.2 Å². The van der Waals surface area contributed by atoms with Gasteiger partial charge in [0.15, 0.2) is 15.5 Å². The molecule has 0 aliphatic carbocycles. The van der Waals surface area contributed by atoms with Gasteiger partial charge in [0, 0.05) is 53.7 Å². The molecule has 7 rings (SSSR count).